The number of aromatic amines is 1. The Bertz CT molecular complexity index is 980. The summed E-state index contributed by atoms with van der Waals surface area (Å²) in [4.78, 5) is 30.7. The lowest BCUT2D eigenvalue weighted by Gasteiger charge is -2.09. The smallest absolute Gasteiger partial charge is 0.260 e. The molecule has 0 saturated heterocycles. The van der Waals surface area contributed by atoms with Crippen molar-refractivity contribution in [1.82, 2.24) is 20.4 Å². The molecule has 7 nitrogen and oxygen atoms in total. The van der Waals surface area contributed by atoms with Crippen LogP contribution in [0.5, 0.6) is 0 Å². The lowest BCUT2D eigenvalue weighted by molar-refractivity contribution is 0.0931. The van der Waals surface area contributed by atoms with Gasteiger partial charge in [0.1, 0.15) is 17.4 Å². The van der Waals surface area contributed by atoms with Gasteiger partial charge in [-0.2, -0.15) is 4.98 Å². The van der Waals surface area contributed by atoms with E-state index in [0.29, 0.717) is 11.3 Å². The number of nitrogens with zero attached hydrogens (tertiary/aromatic N) is 2. The van der Waals surface area contributed by atoms with Gasteiger partial charge in [-0.05, 0) is 38.1 Å². The number of H-pyrrole nitrogens is 1. The van der Waals surface area contributed by atoms with Crippen LogP contribution in [-0.4, -0.2) is 21.0 Å². The summed E-state index contributed by atoms with van der Waals surface area (Å²) in [5.74, 6) is -0.608. The van der Waals surface area contributed by atoms with Crippen molar-refractivity contribution in [2.45, 2.75) is 19.9 Å². The zero-order valence-electron chi connectivity index (χ0n) is 13.5. The Kier molecular flexibility index (Phi) is 4.42. The molecular formula is C17H15FN4O3. The van der Waals surface area contributed by atoms with Gasteiger partial charge >= 0.3 is 0 Å². The summed E-state index contributed by atoms with van der Waals surface area (Å²) in [5, 5.41) is 6.41. The molecule has 8 heteroatoms. The standard InChI is InChI=1S/C17H15FN4O3/c1-9-6-7-13(15(23)19-9)16(24)20-10(2)17-21-14(22-25-17)11-4-3-5-12(18)8-11/h3-8,10H,1-2H3,(H,19,23)(H,20,24)/t10-/m1/s1. The van der Waals surface area contributed by atoms with Crippen molar-refractivity contribution < 1.29 is 13.7 Å². The van der Waals surface area contributed by atoms with Gasteiger partial charge in [0.05, 0.1) is 0 Å². The van der Waals surface area contributed by atoms with E-state index in [2.05, 4.69) is 20.4 Å². The Balaban J connectivity index is 1.76. The molecule has 25 heavy (non-hydrogen) atoms. The highest BCUT2D eigenvalue weighted by atomic mass is 19.1. The average Bonchev–Trinajstić information content (AvgIpc) is 3.04. The van der Waals surface area contributed by atoms with Gasteiger partial charge in [-0.3, -0.25) is 9.59 Å². The number of carbonyl (C=O) groups excluding carboxylic acids is 1. The van der Waals surface area contributed by atoms with E-state index < -0.39 is 23.3 Å². The molecule has 0 unspecified atom stereocenters. The summed E-state index contributed by atoms with van der Waals surface area (Å²) in [6.45, 7) is 3.36. The largest absolute Gasteiger partial charge is 0.340 e. The molecule has 0 radical (unpaired) electrons. The number of hydrogen-bond acceptors (Lipinski definition) is 5. The molecule has 2 N–H and O–H groups in total. The summed E-state index contributed by atoms with van der Waals surface area (Å²) in [5.41, 5.74) is 0.632. The molecule has 0 fully saturated rings. The number of pyridine rings is 1. The van der Waals surface area contributed by atoms with Gasteiger partial charge < -0.3 is 14.8 Å². The van der Waals surface area contributed by atoms with Crippen LogP contribution in [0.4, 0.5) is 4.39 Å². The third-order valence-corrected chi connectivity index (χ3v) is 3.54. The second kappa shape index (κ2) is 6.68. The van der Waals surface area contributed by atoms with Crippen molar-refractivity contribution in [3.8, 4) is 11.4 Å². The maximum Gasteiger partial charge on any atom is 0.260 e. The number of rotatable bonds is 4. The van der Waals surface area contributed by atoms with Crippen LogP contribution in [0.2, 0.25) is 0 Å². The average molecular weight is 342 g/mol. The number of benzene rings is 1. The van der Waals surface area contributed by atoms with Crippen molar-refractivity contribution in [3.05, 3.63) is 69.7 Å². The first-order valence-electron chi connectivity index (χ1n) is 7.54. The fourth-order valence-corrected chi connectivity index (χ4v) is 2.24. The molecular weight excluding hydrogens is 327 g/mol. The summed E-state index contributed by atoms with van der Waals surface area (Å²) < 4.78 is 18.4. The number of halogens is 1. The fraction of sp³-hybridized carbons (Fsp3) is 0.176. The molecule has 0 saturated carbocycles. The van der Waals surface area contributed by atoms with E-state index in [-0.39, 0.29) is 17.3 Å². The van der Waals surface area contributed by atoms with Gasteiger partial charge in [-0.1, -0.05) is 17.3 Å². The highest BCUT2D eigenvalue weighted by Crippen LogP contribution is 2.19. The molecule has 0 aliphatic carbocycles. The summed E-state index contributed by atoms with van der Waals surface area (Å²) >= 11 is 0. The van der Waals surface area contributed by atoms with Crippen LogP contribution in [0, 0.1) is 12.7 Å². The molecule has 1 amide bonds. The monoisotopic (exact) mass is 342 g/mol. The summed E-state index contributed by atoms with van der Waals surface area (Å²) in [6.07, 6.45) is 0. The predicted molar refractivity (Wildman–Crippen MR) is 87.4 cm³/mol. The summed E-state index contributed by atoms with van der Waals surface area (Å²) in [6, 6.07) is 8.24. The van der Waals surface area contributed by atoms with Crippen molar-refractivity contribution >= 4 is 5.91 Å². The lowest BCUT2D eigenvalue weighted by atomic mass is 10.2. The van der Waals surface area contributed by atoms with E-state index in [9.17, 15) is 14.0 Å². The van der Waals surface area contributed by atoms with E-state index in [1.165, 1.54) is 24.3 Å². The second-order valence-corrected chi connectivity index (χ2v) is 5.55. The number of aryl methyl sites for hydroxylation is 1. The predicted octanol–water partition coefficient (Wildman–Crippen LogP) is 2.36. The first-order valence-corrected chi connectivity index (χ1v) is 7.54. The first kappa shape index (κ1) is 16.6. The molecule has 0 spiro atoms. The number of hydrogen-bond donors (Lipinski definition) is 2. The molecule has 0 aliphatic heterocycles. The van der Waals surface area contributed by atoms with Crippen LogP contribution >= 0.6 is 0 Å². The lowest BCUT2D eigenvalue weighted by Crippen LogP contribution is -2.31. The SMILES string of the molecule is Cc1ccc(C(=O)N[C@H](C)c2nc(-c3cccc(F)c3)no2)c(=O)[nH]1. The Hall–Kier alpha value is -3.29. The second-order valence-electron chi connectivity index (χ2n) is 5.55. The highest BCUT2D eigenvalue weighted by Gasteiger charge is 2.19. The van der Waals surface area contributed by atoms with Crippen molar-refractivity contribution in [3.63, 3.8) is 0 Å². The minimum Gasteiger partial charge on any atom is -0.340 e. The van der Waals surface area contributed by atoms with E-state index in [1.807, 2.05) is 0 Å². The molecule has 3 aromatic rings. The first-order chi connectivity index (χ1) is 11.9. The fourth-order valence-electron chi connectivity index (χ4n) is 2.24. The van der Waals surface area contributed by atoms with Gasteiger partial charge in [0.25, 0.3) is 11.5 Å². The Morgan fingerprint density at radius 1 is 1.32 bits per heavy atom. The van der Waals surface area contributed by atoms with Gasteiger partial charge in [0.2, 0.25) is 11.7 Å². The van der Waals surface area contributed by atoms with Gasteiger partial charge in [-0.15, -0.1) is 0 Å². The number of nitrogens with one attached hydrogen (secondary N) is 2. The van der Waals surface area contributed by atoms with Gasteiger partial charge in [0.15, 0.2) is 0 Å². The van der Waals surface area contributed by atoms with Crippen molar-refractivity contribution in [2.75, 3.05) is 0 Å². The number of amides is 1. The molecule has 2 heterocycles. The maximum atomic E-state index is 13.3. The Morgan fingerprint density at radius 3 is 2.84 bits per heavy atom. The van der Waals surface area contributed by atoms with Gasteiger partial charge in [0, 0.05) is 11.3 Å². The third kappa shape index (κ3) is 3.63. The van der Waals surface area contributed by atoms with Crippen LogP contribution in [0.3, 0.4) is 0 Å². The van der Waals surface area contributed by atoms with Crippen LogP contribution in [-0.2, 0) is 0 Å². The molecule has 0 aliphatic rings. The molecule has 128 valence electrons. The molecule has 2 aromatic heterocycles. The van der Waals surface area contributed by atoms with Crippen LogP contribution < -0.4 is 10.9 Å². The molecule has 1 aromatic carbocycles. The van der Waals surface area contributed by atoms with E-state index in [1.54, 1.807) is 26.0 Å². The zero-order valence-corrected chi connectivity index (χ0v) is 13.5. The van der Waals surface area contributed by atoms with Crippen LogP contribution in [0.25, 0.3) is 11.4 Å². The Morgan fingerprint density at radius 2 is 2.12 bits per heavy atom. The number of carbonyl (C=O) groups is 1. The van der Waals surface area contributed by atoms with Gasteiger partial charge in [-0.25, -0.2) is 4.39 Å². The van der Waals surface area contributed by atoms with E-state index >= 15 is 0 Å². The van der Waals surface area contributed by atoms with Crippen LogP contribution in [0.1, 0.15) is 34.9 Å². The topological polar surface area (TPSA) is 101 Å². The molecule has 0 bridgehead atoms. The normalized spacial score (nSPS) is 12.0. The molecule has 3 rings (SSSR count). The van der Waals surface area contributed by atoms with E-state index in [4.69, 9.17) is 4.52 Å². The minimum atomic E-state index is -0.622. The van der Waals surface area contributed by atoms with E-state index in [0.717, 1.165) is 0 Å². The third-order valence-electron chi connectivity index (χ3n) is 3.54. The zero-order chi connectivity index (χ0) is 18.0. The molecule has 1 atom stereocenters. The van der Waals surface area contributed by atoms with Crippen LogP contribution in [0.15, 0.2) is 45.7 Å². The minimum absolute atomic E-state index is 0.0117. The maximum absolute atomic E-state index is 13.3. The Labute approximate surface area is 141 Å². The summed E-state index contributed by atoms with van der Waals surface area (Å²) in [7, 11) is 0. The van der Waals surface area contributed by atoms with Crippen molar-refractivity contribution in [1.29, 1.82) is 0 Å². The highest BCUT2D eigenvalue weighted by molar-refractivity contribution is 5.93. The van der Waals surface area contributed by atoms with Crippen molar-refractivity contribution in [2.24, 2.45) is 0 Å². The quantitative estimate of drug-likeness (QED) is 0.758. The number of aromatic nitrogens is 3.